The molecule has 0 aliphatic carbocycles. The van der Waals surface area contributed by atoms with Crippen molar-refractivity contribution in [2.75, 3.05) is 0 Å². The molecule has 0 bridgehead atoms. The SMILES string of the molecule is CC1(C)OB(c2ccc(-c3cccc(C#N)c3)c3ccccc23)OC1(C)C. The molecule has 3 aromatic carbocycles. The number of nitrogens with zero attached hydrogens (tertiary/aromatic N) is 1. The van der Waals surface area contributed by atoms with E-state index in [-0.39, 0.29) is 11.2 Å². The second kappa shape index (κ2) is 6.23. The molecule has 0 unspecified atom stereocenters. The van der Waals surface area contributed by atoms with Gasteiger partial charge in [-0.2, -0.15) is 5.26 Å². The summed E-state index contributed by atoms with van der Waals surface area (Å²) in [6.45, 7) is 8.27. The Kier molecular flexibility index (Phi) is 4.11. The Morgan fingerprint density at radius 3 is 2.15 bits per heavy atom. The van der Waals surface area contributed by atoms with Gasteiger partial charge in [0.1, 0.15) is 0 Å². The third-order valence-corrected chi connectivity index (χ3v) is 5.77. The maximum atomic E-state index is 9.22. The number of rotatable bonds is 2. The van der Waals surface area contributed by atoms with Crippen LogP contribution in [0.25, 0.3) is 21.9 Å². The molecular formula is C23H22BNO2. The molecule has 0 amide bonds. The van der Waals surface area contributed by atoms with Gasteiger partial charge in [0.05, 0.1) is 22.8 Å². The summed E-state index contributed by atoms with van der Waals surface area (Å²) in [5.74, 6) is 0. The van der Waals surface area contributed by atoms with Crippen molar-refractivity contribution in [1.29, 1.82) is 5.26 Å². The van der Waals surface area contributed by atoms with Gasteiger partial charge in [-0.15, -0.1) is 0 Å². The van der Waals surface area contributed by atoms with Crippen molar-refractivity contribution in [3.8, 4) is 17.2 Å². The molecule has 0 saturated carbocycles. The molecule has 1 saturated heterocycles. The Morgan fingerprint density at radius 1 is 0.815 bits per heavy atom. The fourth-order valence-corrected chi connectivity index (χ4v) is 3.51. The first-order valence-electron chi connectivity index (χ1n) is 9.20. The van der Waals surface area contributed by atoms with Crippen molar-refractivity contribution in [3.63, 3.8) is 0 Å². The van der Waals surface area contributed by atoms with Crippen LogP contribution in [0.4, 0.5) is 0 Å². The van der Waals surface area contributed by atoms with Crippen LogP contribution in [0.5, 0.6) is 0 Å². The predicted octanol–water partition coefficient (Wildman–Crippen LogP) is 4.68. The summed E-state index contributed by atoms with van der Waals surface area (Å²) in [6, 6.07) is 22.4. The number of hydrogen-bond donors (Lipinski definition) is 0. The summed E-state index contributed by atoms with van der Waals surface area (Å²) >= 11 is 0. The normalized spacial score (nSPS) is 17.8. The lowest BCUT2D eigenvalue weighted by atomic mass is 9.75. The van der Waals surface area contributed by atoms with E-state index in [2.05, 4.69) is 58.0 Å². The average Bonchev–Trinajstić information content (AvgIpc) is 2.88. The zero-order valence-corrected chi connectivity index (χ0v) is 16.1. The zero-order chi connectivity index (χ0) is 19.2. The minimum atomic E-state index is -0.403. The van der Waals surface area contributed by atoms with E-state index in [0.29, 0.717) is 5.56 Å². The summed E-state index contributed by atoms with van der Waals surface area (Å²) in [4.78, 5) is 0. The lowest BCUT2D eigenvalue weighted by molar-refractivity contribution is 0.00578. The molecule has 1 fully saturated rings. The quantitative estimate of drug-likeness (QED) is 0.627. The standard InChI is InChI=1S/C23H22BNO2/c1-22(2)23(3,4)27-24(26-22)21-13-12-18(19-10-5-6-11-20(19)21)17-9-7-8-16(14-17)15-25/h5-14H,1-4H3. The van der Waals surface area contributed by atoms with E-state index in [1.165, 1.54) is 0 Å². The molecule has 3 nitrogen and oxygen atoms in total. The highest BCUT2D eigenvalue weighted by Crippen LogP contribution is 2.37. The fourth-order valence-electron chi connectivity index (χ4n) is 3.51. The van der Waals surface area contributed by atoms with Gasteiger partial charge in [0, 0.05) is 0 Å². The summed E-state index contributed by atoms with van der Waals surface area (Å²) in [5.41, 5.74) is 3.07. The second-order valence-corrected chi connectivity index (χ2v) is 8.03. The van der Waals surface area contributed by atoms with Crippen LogP contribution in [0, 0.1) is 11.3 Å². The molecule has 4 heteroatoms. The van der Waals surface area contributed by atoms with Crippen LogP contribution in [-0.4, -0.2) is 18.3 Å². The van der Waals surface area contributed by atoms with Crippen molar-refractivity contribution >= 4 is 23.4 Å². The highest BCUT2D eigenvalue weighted by atomic mass is 16.7. The van der Waals surface area contributed by atoms with Gasteiger partial charge in [-0.05, 0) is 67.2 Å². The van der Waals surface area contributed by atoms with Crippen molar-refractivity contribution in [2.24, 2.45) is 0 Å². The Morgan fingerprint density at radius 2 is 1.48 bits per heavy atom. The lowest BCUT2D eigenvalue weighted by Gasteiger charge is -2.32. The number of fused-ring (bicyclic) bond motifs is 1. The van der Waals surface area contributed by atoms with Crippen LogP contribution in [0.3, 0.4) is 0 Å². The van der Waals surface area contributed by atoms with E-state index in [1.807, 2.05) is 36.4 Å². The van der Waals surface area contributed by atoms with E-state index in [4.69, 9.17) is 9.31 Å². The fraction of sp³-hybridized carbons (Fsp3) is 0.261. The molecule has 27 heavy (non-hydrogen) atoms. The molecule has 0 N–H and O–H groups in total. The maximum Gasteiger partial charge on any atom is 0.495 e. The molecule has 0 atom stereocenters. The Bertz CT molecular complexity index is 1050. The monoisotopic (exact) mass is 355 g/mol. The van der Waals surface area contributed by atoms with E-state index in [1.54, 1.807) is 0 Å². The van der Waals surface area contributed by atoms with Gasteiger partial charge in [0.25, 0.3) is 0 Å². The van der Waals surface area contributed by atoms with E-state index >= 15 is 0 Å². The molecule has 0 spiro atoms. The van der Waals surface area contributed by atoms with Crippen molar-refractivity contribution in [1.82, 2.24) is 0 Å². The molecule has 1 aliphatic rings. The van der Waals surface area contributed by atoms with Crippen LogP contribution in [0.15, 0.2) is 60.7 Å². The maximum absolute atomic E-state index is 9.22. The summed E-state index contributed by atoms with van der Waals surface area (Å²) in [5, 5.41) is 11.5. The minimum absolute atomic E-state index is 0.376. The van der Waals surface area contributed by atoms with Gasteiger partial charge < -0.3 is 9.31 Å². The van der Waals surface area contributed by atoms with Gasteiger partial charge in [-0.3, -0.25) is 0 Å². The van der Waals surface area contributed by atoms with Gasteiger partial charge in [0.2, 0.25) is 0 Å². The molecule has 134 valence electrons. The highest BCUT2D eigenvalue weighted by Gasteiger charge is 2.52. The second-order valence-electron chi connectivity index (χ2n) is 8.03. The zero-order valence-electron chi connectivity index (χ0n) is 16.1. The van der Waals surface area contributed by atoms with E-state index in [0.717, 1.165) is 27.4 Å². The minimum Gasteiger partial charge on any atom is -0.399 e. The first-order valence-corrected chi connectivity index (χ1v) is 9.20. The number of nitriles is 1. The van der Waals surface area contributed by atoms with Crippen molar-refractivity contribution in [2.45, 2.75) is 38.9 Å². The molecule has 0 aromatic heterocycles. The van der Waals surface area contributed by atoms with Gasteiger partial charge in [-0.1, -0.05) is 48.5 Å². The van der Waals surface area contributed by atoms with E-state index in [9.17, 15) is 5.26 Å². The van der Waals surface area contributed by atoms with E-state index < -0.39 is 7.12 Å². The first kappa shape index (κ1) is 17.8. The Balaban J connectivity index is 1.86. The topological polar surface area (TPSA) is 42.2 Å². The molecule has 1 aliphatic heterocycles. The average molecular weight is 355 g/mol. The van der Waals surface area contributed by atoms with Gasteiger partial charge >= 0.3 is 7.12 Å². The number of benzene rings is 3. The van der Waals surface area contributed by atoms with Crippen LogP contribution >= 0.6 is 0 Å². The Hall–Kier alpha value is -2.61. The third-order valence-electron chi connectivity index (χ3n) is 5.77. The predicted molar refractivity (Wildman–Crippen MR) is 110 cm³/mol. The third kappa shape index (κ3) is 2.94. The summed E-state index contributed by atoms with van der Waals surface area (Å²) in [7, 11) is -0.403. The van der Waals surface area contributed by atoms with Gasteiger partial charge in [0.15, 0.2) is 0 Å². The first-order chi connectivity index (χ1) is 12.8. The number of hydrogen-bond acceptors (Lipinski definition) is 3. The molecule has 1 heterocycles. The van der Waals surface area contributed by atoms with Crippen LogP contribution in [0.2, 0.25) is 0 Å². The Labute approximate surface area is 160 Å². The van der Waals surface area contributed by atoms with Crippen molar-refractivity contribution in [3.05, 3.63) is 66.2 Å². The largest absolute Gasteiger partial charge is 0.495 e. The summed E-state index contributed by atoms with van der Waals surface area (Å²) < 4.78 is 12.6. The molecule has 4 rings (SSSR count). The smallest absolute Gasteiger partial charge is 0.399 e. The molecule has 3 aromatic rings. The molecule has 0 radical (unpaired) electrons. The van der Waals surface area contributed by atoms with Crippen molar-refractivity contribution < 1.29 is 9.31 Å². The van der Waals surface area contributed by atoms with Crippen LogP contribution < -0.4 is 5.46 Å². The lowest BCUT2D eigenvalue weighted by Crippen LogP contribution is -2.41. The summed E-state index contributed by atoms with van der Waals surface area (Å²) in [6.07, 6.45) is 0. The van der Waals surface area contributed by atoms with Gasteiger partial charge in [-0.25, -0.2) is 0 Å². The van der Waals surface area contributed by atoms with Crippen LogP contribution in [-0.2, 0) is 9.31 Å². The highest BCUT2D eigenvalue weighted by molar-refractivity contribution is 6.65. The van der Waals surface area contributed by atoms with Crippen LogP contribution in [0.1, 0.15) is 33.3 Å². The molecular weight excluding hydrogens is 333 g/mol.